The minimum atomic E-state index is 0.197. The fourth-order valence-electron chi connectivity index (χ4n) is 0.281. The molecule has 0 amide bonds. The van der Waals surface area contributed by atoms with Crippen molar-refractivity contribution in [3.8, 4) is 0 Å². The van der Waals surface area contributed by atoms with E-state index in [0.29, 0.717) is 12.2 Å². The second-order valence-corrected chi connectivity index (χ2v) is 3.30. The van der Waals surface area contributed by atoms with E-state index >= 15 is 0 Å². The van der Waals surface area contributed by atoms with Crippen molar-refractivity contribution in [2.24, 2.45) is 0 Å². The van der Waals surface area contributed by atoms with Gasteiger partial charge in [-0.1, -0.05) is 29.5 Å². The van der Waals surface area contributed by atoms with Crippen LogP contribution < -0.4 is 0 Å². The first-order chi connectivity index (χ1) is 3.18. The Kier molecular flexibility index (Phi) is 3.60. The molecule has 0 radical (unpaired) electrons. The zero-order valence-corrected chi connectivity index (χ0v) is 6.73. The summed E-state index contributed by atoms with van der Waals surface area (Å²) in [6, 6.07) is 0. The Hall–Kier alpha value is 0.400. The summed E-state index contributed by atoms with van der Waals surface area (Å²) in [5.41, 5.74) is 0. The summed E-state index contributed by atoms with van der Waals surface area (Å²) in [4.78, 5) is 10.5. The Bertz CT molecular complexity index is 68.5. The van der Waals surface area contributed by atoms with Gasteiger partial charge < -0.3 is 0 Å². The predicted molar refractivity (Wildman–Crippen MR) is 38.8 cm³/mol. The molecule has 0 fully saturated rings. The smallest absolute Gasteiger partial charge is 0.145 e. The highest BCUT2D eigenvalue weighted by Crippen LogP contribution is 2.01. The summed E-state index contributed by atoms with van der Waals surface area (Å²) in [6.45, 7) is 3.80. The first kappa shape index (κ1) is 7.40. The first-order valence-corrected chi connectivity index (χ1v) is 3.59. The van der Waals surface area contributed by atoms with Crippen LogP contribution in [0, 0.1) is 0 Å². The zero-order chi connectivity index (χ0) is 5.86. The normalized spacial score (nSPS) is 13.6. The number of rotatable bonds is 2. The van der Waals surface area contributed by atoms with Gasteiger partial charge in [-0.2, -0.15) is 0 Å². The van der Waals surface area contributed by atoms with Crippen molar-refractivity contribution in [3.63, 3.8) is 0 Å². The number of halogens is 1. The quantitative estimate of drug-likeness (QED) is 0.503. The number of Topliss-reactive ketones (excluding diaryl/α,β-unsaturated/α-hetero) is 1. The Morgan fingerprint density at radius 1 is 1.86 bits per heavy atom. The van der Waals surface area contributed by atoms with Crippen LogP contribution in [0.2, 0.25) is 0 Å². The SMILES string of the molecule is CCC(=O)[C@H](C)I. The lowest BCUT2D eigenvalue weighted by Crippen LogP contribution is -2.06. The fraction of sp³-hybridized carbons (Fsp3) is 0.800. The monoisotopic (exact) mass is 212 g/mol. The number of hydrogen-bond donors (Lipinski definition) is 0. The highest BCUT2D eigenvalue weighted by molar-refractivity contribution is 14.1. The summed E-state index contributed by atoms with van der Waals surface area (Å²) >= 11 is 2.12. The van der Waals surface area contributed by atoms with Gasteiger partial charge >= 0.3 is 0 Å². The number of carbonyl (C=O) groups excluding carboxylic acids is 1. The van der Waals surface area contributed by atoms with Gasteiger partial charge in [-0.25, -0.2) is 0 Å². The molecule has 0 N–H and O–H groups in total. The van der Waals surface area contributed by atoms with E-state index in [0.717, 1.165) is 0 Å². The standard InChI is InChI=1S/C5H9IO/c1-3-5(7)4(2)6/h4H,3H2,1-2H3/t4-/m0/s1. The van der Waals surface area contributed by atoms with E-state index in [-0.39, 0.29) is 3.92 Å². The second-order valence-electron chi connectivity index (χ2n) is 1.44. The molecule has 0 aromatic heterocycles. The molecule has 2 heteroatoms. The molecule has 0 aromatic rings. The molecule has 0 aliphatic carbocycles. The van der Waals surface area contributed by atoms with Crippen LogP contribution in [-0.2, 0) is 4.79 Å². The van der Waals surface area contributed by atoms with Crippen molar-refractivity contribution in [3.05, 3.63) is 0 Å². The Labute approximate surface area is 57.6 Å². The van der Waals surface area contributed by atoms with Crippen LogP contribution in [0.3, 0.4) is 0 Å². The van der Waals surface area contributed by atoms with E-state index in [1.165, 1.54) is 0 Å². The largest absolute Gasteiger partial charge is 0.299 e. The van der Waals surface area contributed by atoms with Gasteiger partial charge in [-0.3, -0.25) is 4.79 Å². The molecule has 0 saturated heterocycles. The average Bonchev–Trinajstić information content (AvgIpc) is 1.65. The number of carbonyl (C=O) groups is 1. The molecule has 1 nitrogen and oxygen atoms in total. The third kappa shape index (κ3) is 3.02. The van der Waals surface area contributed by atoms with Crippen LogP contribution in [0.1, 0.15) is 20.3 Å². The molecule has 1 atom stereocenters. The number of alkyl halides is 1. The molecule has 0 aliphatic rings. The Morgan fingerprint density at radius 2 is 2.29 bits per heavy atom. The van der Waals surface area contributed by atoms with Crippen LogP contribution in [0.25, 0.3) is 0 Å². The van der Waals surface area contributed by atoms with E-state index in [4.69, 9.17) is 0 Å². The molecule has 0 spiro atoms. The van der Waals surface area contributed by atoms with Gasteiger partial charge in [0.05, 0.1) is 3.92 Å². The molecule has 0 aromatic carbocycles. The minimum absolute atomic E-state index is 0.197. The van der Waals surface area contributed by atoms with E-state index in [1.807, 2.05) is 13.8 Å². The van der Waals surface area contributed by atoms with E-state index < -0.39 is 0 Å². The van der Waals surface area contributed by atoms with Crippen molar-refractivity contribution >= 4 is 28.4 Å². The molecule has 42 valence electrons. The van der Waals surface area contributed by atoms with Gasteiger partial charge in [-0.15, -0.1) is 0 Å². The molecule has 0 saturated carbocycles. The third-order valence-corrected chi connectivity index (χ3v) is 1.49. The van der Waals surface area contributed by atoms with E-state index in [1.54, 1.807) is 0 Å². The topological polar surface area (TPSA) is 17.1 Å². The second kappa shape index (κ2) is 3.41. The van der Waals surface area contributed by atoms with Crippen molar-refractivity contribution in [2.45, 2.75) is 24.2 Å². The lowest BCUT2D eigenvalue weighted by atomic mass is 10.2. The molecule has 0 bridgehead atoms. The highest BCUT2D eigenvalue weighted by atomic mass is 127. The lowest BCUT2D eigenvalue weighted by Gasteiger charge is -1.94. The molecular formula is C5H9IO. The first-order valence-electron chi connectivity index (χ1n) is 2.35. The predicted octanol–water partition coefficient (Wildman–Crippen LogP) is 1.79. The average molecular weight is 212 g/mol. The molecule has 7 heavy (non-hydrogen) atoms. The summed E-state index contributed by atoms with van der Waals surface area (Å²) in [6.07, 6.45) is 0.671. The number of ketones is 1. The van der Waals surface area contributed by atoms with Gasteiger partial charge in [0.25, 0.3) is 0 Å². The van der Waals surface area contributed by atoms with Gasteiger partial charge in [0, 0.05) is 6.42 Å². The van der Waals surface area contributed by atoms with Gasteiger partial charge in [0.1, 0.15) is 5.78 Å². The number of hydrogen-bond acceptors (Lipinski definition) is 1. The van der Waals surface area contributed by atoms with Crippen LogP contribution in [0.5, 0.6) is 0 Å². The van der Waals surface area contributed by atoms with Crippen molar-refractivity contribution in [1.82, 2.24) is 0 Å². The van der Waals surface area contributed by atoms with E-state index in [2.05, 4.69) is 22.6 Å². The minimum Gasteiger partial charge on any atom is -0.299 e. The lowest BCUT2D eigenvalue weighted by molar-refractivity contribution is -0.117. The van der Waals surface area contributed by atoms with Crippen LogP contribution in [0.4, 0.5) is 0 Å². The Morgan fingerprint density at radius 3 is 2.29 bits per heavy atom. The Balaban J connectivity index is 3.35. The van der Waals surface area contributed by atoms with Crippen molar-refractivity contribution in [1.29, 1.82) is 0 Å². The van der Waals surface area contributed by atoms with Crippen molar-refractivity contribution < 1.29 is 4.79 Å². The van der Waals surface area contributed by atoms with Crippen LogP contribution >= 0.6 is 22.6 Å². The summed E-state index contributed by atoms with van der Waals surface area (Å²) in [7, 11) is 0. The van der Waals surface area contributed by atoms with E-state index in [9.17, 15) is 4.79 Å². The van der Waals surface area contributed by atoms with Crippen LogP contribution in [0.15, 0.2) is 0 Å². The molecule has 0 aliphatic heterocycles. The fourth-order valence-corrected chi connectivity index (χ4v) is 0.722. The summed E-state index contributed by atoms with van der Waals surface area (Å²) in [5.74, 6) is 0.334. The van der Waals surface area contributed by atoms with Gasteiger partial charge in [0.15, 0.2) is 0 Å². The summed E-state index contributed by atoms with van der Waals surface area (Å²) < 4.78 is 0.197. The van der Waals surface area contributed by atoms with Gasteiger partial charge in [-0.05, 0) is 6.92 Å². The molecule has 0 unspecified atom stereocenters. The van der Waals surface area contributed by atoms with Gasteiger partial charge in [0.2, 0.25) is 0 Å². The maximum absolute atomic E-state index is 10.5. The zero-order valence-electron chi connectivity index (χ0n) is 4.57. The maximum atomic E-state index is 10.5. The molecule has 0 heterocycles. The van der Waals surface area contributed by atoms with Crippen LogP contribution in [-0.4, -0.2) is 9.71 Å². The highest BCUT2D eigenvalue weighted by Gasteiger charge is 2.02. The molecular weight excluding hydrogens is 203 g/mol. The van der Waals surface area contributed by atoms with Crippen molar-refractivity contribution in [2.75, 3.05) is 0 Å². The third-order valence-electron chi connectivity index (χ3n) is 0.792. The molecule has 0 rings (SSSR count). The summed E-state index contributed by atoms with van der Waals surface area (Å²) in [5, 5.41) is 0. The maximum Gasteiger partial charge on any atom is 0.145 e.